The molecular weight excluding hydrogens is 336 g/mol. The number of hydrogen-bond acceptors (Lipinski definition) is 3. The molecule has 6 heteroatoms. The van der Waals surface area contributed by atoms with Gasteiger partial charge < -0.3 is 0 Å². The fourth-order valence-corrected chi connectivity index (χ4v) is 4.66. The molecule has 0 N–H and O–H groups in total. The fourth-order valence-electron chi connectivity index (χ4n) is 3.02. The van der Waals surface area contributed by atoms with Gasteiger partial charge in [0.25, 0.3) is 10.0 Å². The Morgan fingerprint density at radius 1 is 1.00 bits per heavy atom. The van der Waals surface area contributed by atoms with Crippen molar-refractivity contribution < 1.29 is 13.2 Å². The van der Waals surface area contributed by atoms with Gasteiger partial charge in [0.1, 0.15) is 4.90 Å². The SMILES string of the molecule is CCCCN1C(=O)N(c2cc(C)ccc2C)S(=O)(=O)c2ccccc21. The molecule has 1 heterocycles. The van der Waals surface area contributed by atoms with Crippen LogP contribution in [-0.2, 0) is 10.0 Å². The second kappa shape index (κ2) is 6.52. The molecule has 2 aromatic carbocycles. The van der Waals surface area contributed by atoms with Gasteiger partial charge in [-0.25, -0.2) is 13.2 Å². The van der Waals surface area contributed by atoms with Gasteiger partial charge in [0.15, 0.2) is 0 Å². The normalized spacial score (nSPS) is 16.0. The Morgan fingerprint density at radius 2 is 1.72 bits per heavy atom. The number of fused-ring (bicyclic) bond motifs is 1. The lowest BCUT2D eigenvalue weighted by molar-refractivity contribution is 0.253. The van der Waals surface area contributed by atoms with E-state index >= 15 is 0 Å². The van der Waals surface area contributed by atoms with Gasteiger partial charge in [0, 0.05) is 6.54 Å². The van der Waals surface area contributed by atoms with Gasteiger partial charge in [-0.15, -0.1) is 0 Å². The van der Waals surface area contributed by atoms with Crippen molar-refractivity contribution in [1.82, 2.24) is 0 Å². The molecule has 132 valence electrons. The summed E-state index contributed by atoms with van der Waals surface area (Å²) < 4.78 is 27.3. The summed E-state index contributed by atoms with van der Waals surface area (Å²) in [5.74, 6) is 0. The molecule has 1 aliphatic heterocycles. The van der Waals surface area contributed by atoms with Crippen LogP contribution in [0.2, 0.25) is 0 Å². The predicted molar refractivity (Wildman–Crippen MR) is 99.7 cm³/mol. The Kier molecular flexibility index (Phi) is 4.56. The molecule has 0 atom stereocenters. The molecule has 0 fully saturated rings. The third kappa shape index (κ3) is 2.91. The lowest BCUT2D eigenvalue weighted by Crippen LogP contribution is -2.51. The van der Waals surface area contributed by atoms with Gasteiger partial charge in [-0.05, 0) is 49.6 Å². The van der Waals surface area contributed by atoms with Gasteiger partial charge in [-0.3, -0.25) is 4.90 Å². The Balaban J connectivity index is 2.23. The van der Waals surface area contributed by atoms with E-state index in [0.29, 0.717) is 17.9 Å². The topological polar surface area (TPSA) is 57.7 Å². The van der Waals surface area contributed by atoms with E-state index in [0.717, 1.165) is 28.3 Å². The van der Waals surface area contributed by atoms with Gasteiger partial charge in [0.05, 0.1) is 11.4 Å². The first-order valence-electron chi connectivity index (χ1n) is 8.41. The van der Waals surface area contributed by atoms with Crippen molar-refractivity contribution in [3.63, 3.8) is 0 Å². The number of hydrogen-bond donors (Lipinski definition) is 0. The first-order valence-corrected chi connectivity index (χ1v) is 9.85. The summed E-state index contributed by atoms with van der Waals surface area (Å²) in [6.45, 7) is 6.23. The molecule has 0 spiro atoms. The molecule has 0 bridgehead atoms. The maximum atomic E-state index is 13.2. The molecule has 0 unspecified atom stereocenters. The van der Waals surface area contributed by atoms with Crippen LogP contribution in [0.5, 0.6) is 0 Å². The minimum Gasteiger partial charge on any atom is -0.292 e. The number of aryl methyl sites for hydroxylation is 2. The molecular formula is C19H22N2O3S. The van der Waals surface area contributed by atoms with Gasteiger partial charge in [0.2, 0.25) is 0 Å². The van der Waals surface area contributed by atoms with Gasteiger partial charge >= 0.3 is 6.03 Å². The van der Waals surface area contributed by atoms with Crippen LogP contribution < -0.4 is 9.21 Å². The lowest BCUT2D eigenvalue weighted by Gasteiger charge is -2.36. The van der Waals surface area contributed by atoms with Crippen LogP contribution in [0.25, 0.3) is 0 Å². The van der Waals surface area contributed by atoms with Crippen molar-refractivity contribution in [3.8, 4) is 0 Å². The average molecular weight is 358 g/mol. The van der Waals surface area contributed by atoms with E-state index in [4.69, 9.17) is 0 Å². The van der Waals surface area contributed by atoms with Crippen LogP contribution in [0.1, 0.15) is 30.9 Å². The number of rotatable bonds is 4. The zero-order valence-corrected chi connectivity index (χ0v) is 15.5. The van der Waals surface area contributed by atoms with Crippen LogP contribution in [0.3, 0.4) is 0 Å². The lowest BCUT2D eigenvalue weighted by atomic mass is 10.1. The maximum absolute atomic E-state index is 13.2. The third-order valence-electron chi connectivity index (χ3n) is 4.40. The number of urea groups is 1. The molecule has 1 aliphatic rings. The number of carbonyl (C=O) groups excluding carboxylic acids is 1. The van der Waals surface area contributed by atoms with E-state index < -0.39 is 16.1 Å². The highest BCUT2D eigenvalue weighted by atomic mass is 32.2. The second-order valence-corrected chi connectivity index (χ2v) is 8.07. The molecule has 3 rings (SSSR count). The molecule has 0 saturated heterocycles. The smallest absolute Gasteiger partial charge is 0.292 e. The fraction of sp³-hybridized carbons (Fsp3) is 0.316. The van der Waals surface area contributed by atoms with E-state index in [-0.39, 0.29) is 4.90 Å². The van der Waals surface area contributed by atoms with Crippen molar-refractivity contribution >= 4 is 27.4 Å². The summed E-state index contributed by atoms with van der Waals surface area (Å²) in [5.41, 5.74) is 2.53. The van der Waals surface area contributed by atoms with Crippen LogP contribution >= 0.6 is 0 Å². The minimum atomic E-state index is -3.94. The highest BCUT2D eigenvalue weighted by Crippen LogP contribution is 2.38. The minimum absolute atomic E-state index is 0.173. The summed E-state index contributed by atoms with van der Waals surface area (Å²) in [6, 6.07) is 11.7. The highest BCUT2D eigenvalue weighted by molar-refractivity contribution is 7.94. The molecule has 0 aliphatic carbocycles. The van der Waals surface area contributed by atoms with E-state index in [1.807, 2.05) is 32.9 Å². The van der Waals surface area contributed by atoms with Crippen molar-refractivity contribution in [2.45, 2.75) is 38.5 Å². The zero-order chi connectivity index (χ0) is 18.2. The van der Waals surface area contributed by atoms with Crippen molar-refractivity contribution in [2.75, 3.05) is 15.7 Å². The first kappa shape index (κ1) is 17.5. The number of unbranched alkanes of at least 4 members (excludes halogenated alkanes) is 1. The third-order valence-corrected chi connectivity index (χ3v) is 6.13. The van der Waals surface area contributed by atoms with E-state index in [2.05, 4.69) is 0 Å². The second-order valence-electron chi connectivity index (χ2n) is 6.31. The molecule has 0 aromatic heterocycles. The van der Waals surface area contributed by atoms with E-state index in [1.165, 1.54) is 0 Å². The van der Waals surface area contributed by atoms with Gasteiger partial charge in [-0.1, -0.05) is 37.6 Å². The zero-order valence-electron chi connectivity index (χ0n) is 14.7. The largest absolute Gasteiger partial charge is 0.343 e. The Morgan fingerprint density at radius 3 is 2.44 bits per heavy atom. The number of amides is 2. The van der Waals surface area contributed by atoms with Crippen LogP contribution in [0.4, 0.5) is 16.2 Å². The predicted octanol–water partition coefficient (Wildman–Crippen LogP) is 4.24. The van der Waals surface area contributed by atoms with Crippen molar-refractivity contribution in [3.05, 3.63) is 53.6 Å². The number of anilines is 2. The van der Waals surface area contributed by atoms with Crippen LogP contribution in [0, 0.1) is 13.8 Å². The molecule has 5 nitrogen and oxygen atoms in total. The van der Waals surface area contributed by atoms with Gasteiger partial charge in [-0.2, -0.15) is 4.31 Å². The molecule has 2 aromatic rings. The number of benzene rings is 2. The standard InChI is InChI=1S/C19H22N2O3S/c1-4-5-12-20-16-8-6-7-9-18(16)25(23,24)21(19(20)22)17-13-14(2)10-11-15(17)3/h6-11,13H,4-5,12H2,1-3H3. The number of para-hydroxylation sites is 1. The summed E-state index contributed by atoms with van der Waals surface area (Å²) in [7, 11) is -3.94. The summed E-state index contributed by atoms with van der Waals surface area (Å²) in [5, 5.41) is 0. The Hall–Kier alpha value is -2.34. The summed E-state index contributed by atoms with van der Waals surface area (Å²) in [6.07, 6.45) is 1.73. The van der Waals surface area contributed by atoms with Crippen LogP contribution in [0.15, 0.2) is 47.4 Å². The molecule has 2 amide bonds. The molecule has 0 saturated carbocycles. The summed E-state index contributed by atoms with van der Waals surface area (Å²) in [4.78, 5) is 14.9. The molecule has 25 heavy (non-hydrogen) atoms. The summed E-state index contributed by atoms with van der Waals surface area (Å²) >= 11 is 0. The Bertz CT molecular complexity index is 922. The highest BCUT2D eigenvalue weighted by Gasteiger charge is 2.42. The quantitative estimate of drug-likeness (QED) is 0.821. The average Bonchev–Trinajstić information content (AvgIpc) is 2.58. The number of sulfonamides is 1. The number of carbonyl (C=O) groups is 1. The maximum Gasteiger partial charge on any atom is 0.343 e. The number of nitrogens with zero attached hydrogens (tertiary/aromatic N) is 2. The van der Waals surface area contributed by atoms with Crippen molar-refractivity contribution in [2.24, 2.45) is 0 Å². The van der Waals surface area contributed by atoms with E-state index in [9.17, 15) is 13.2 Å². The van der Waals surface area contributed by atoms with Crippen molar-refractivity contribution in [1.29, 1.82) is 0 Å². The molecule has 0 radical (unpaired) electrons. The monoisotopic (exact) mass is 358 g/mol. The first-order chi connectivity index (χ1) is 11.9. The van der Waals surface area contributed by atoms with E-state index in [1.54, 1.807) is 35.2 Å². The van der Waals surface area contributed by atoms with Crippen LogP contribution in [-0.4, -0.2) is 21.0 Å². The Labute approximate surface area is 148 Å².